The average Bonchev–Trinajstić information content (AvgIpc) is 3.30. The zero-order chi connectivity index (χ0) is 21.6. The Morgan fingerprint density at radius 2 is 1.71 bits per heavy atom. The van der Waals surface area contributed by atoms with Crippen LogP contribution in [-0.2, 0) is 4.79 Å². The first-order chi connectivity index (χ1) is 15.1. The van der Waals surface area contributed by atoms with E-state index in [1.807, 2.05) is 41.3 Å². The van der Waals surface area contributed by atoms with E-state index >= 15 is 0 Å². The molecule has 31 heavy (non-hydrogen) atoms. The first-order valence-electron chi connectivity index (χ1n) is 10.2. The Bertz CT molecular complexity index is 1050. The number of carbonyl (C=O) groups excluding carboxylic acids is 2. The van der Waals surface area contributed by atoms with Gasteiger partial charge in [-0.1, -0.05) is 48.0 Å². The third-order valence-electron chi connectivity index (χ3n) is 5.22. The predicted octanol–water partition coefficient (Wildman–Crippen LogP) is 3.93. The molecule has 1 saturated heterocycles. The van der Waals surface area contributed by atoms with Crippen LogP contribution in [0.3, 0.4) is 0 Å². The number of hydrogen-bond acceptors (Lipinski definition) is 5. The number of anilines is 1. The lowest BCUT2D eigenvalue weighted by Crippen LogP contribution is -2.49. The van der Waals surface area contributed by atoms with E-state index in [4.69, 9.17) is 11.6 Å². The van der Waals surface area contributed by atoms with Gasteiger partial charge in [0.25, 0.3) is 5.91 Å². The van der Waals surface area contributed by atoms with Crippen LogP contribution in [0, 0.1) is 0 Å². The van der Waals surface area contributed by atoms with Gasteiger partial charge in [-0.3, -0.25) is 9.59 Å². The highest BCUT2D eigenvalue weighted by Crippen LogP contribution is 2.30. The molecule has 0 spiro atoms. The van der Waals surface area contributed by atoms with Crippen LogP contribution in [0.5, 0.6) is 0 Å². The van der Waals surface area contributed by atoms with Crippen molar-refractivity contribution in [3.63, 3.8) is 0 Å². The molecular formula is C23H23ClN4O2S. The molecule has 0 atom stereocenters. The number of thiazole rings is 1. The van der Waals surface area contributed by atoms with Gasteiger partial charge in [0.1, 0.15) is 10.7 Å². The molecule has 1 N–H and O–H groups in total. The second-order valence-corrected chi connectivity index (χ2v) is 8.49. The summed E-state index contributed by atoms with van der Waals surface area (Å²) in [5.41, 5.74) is 2.32. The Labute approximate surface area is 190 Å². The fourth-order valence-electron chi connectivity index (χ4n) is 3.52. The van der Waals surface area contributed by atoms with Crippen molar-refractivity contribution < 1.29 is 9.59 Å². The number of para-hydroxylation sites is 1. The van der Waals surface area contributed by atoms with Crippen LogP contribution in [0.4, 0.5) is 5.69 Å². The number of nitrogens with zero attached hydrogens (tertiary/aromatic N) is 3. The lowest BCUT2D eigenvalue weighted by Gasteiger charge is -2.36. The van der Waals surface area contributed by atoms with E-state index in [0.717, 1.165) is 18.7 Å². The number of nitrogens with one attached hydrogen (secondary N) is 1. The SMILES string of the molecule is O=C(NCCC(=O)N1CCN(c2ccccc2)CC1)c1csc(-c2ccccc2Cl)n1. The van der Waals surface area contributed by atoms with E-state index in [1.165, 1.54) is 17.0 Å². The lowest BCUT2D eigenvalue weighted by molar-refractivity contribution is -0.131. The molecule has 160 valence electrons. The van der Waals surface area contributed by atoms with Crippen molar-refractivity contribution in [2.45, 2.75) is 6.42 Å². The maximum Gasteiger partial charge on any atom is 0.270 e. The van der Waals surface area contributed by atoms with Gasteiger partial charge in [0.2, 0.25) is 5.91 Å². The Morgan fingerprint density at radius 1 is 1.00 bits per heavy atom. The van der Waals surface area contributed by atoms with Crippen LogP contribution < -0.4 is 10.2 Å². The van der Waals surface area contributed by atoms with Gasteiger partial charge in [0.15, 0.2) is 0 Å². The number of carbonyl (C=O) groups is 2. The molecule has 4 rings (SSSR count). The Balaban J connectivity index is 1.23. The number of hydrogen-bond donors (Lipinski definition) is 1. The molecule has 8 heteroatoms. The molecule has 0 radical (unpaired) electrons. The van der Waals surface area contributed by atoms with E-state index in [-0.39, 0.29) is 24.8 Å². The minimum Gasteiger partial charge on any atom is -0.368 e. The van der Waals surface area contributed by atoms with E-state index in [0.29, 0.717) is 28.8 Å². The molecule has 1 aromatic heterocycles. The number of amides is 2. The molecule has 0 aliphatic carbocycles. The van der Waals surface area contributed by atoms with Gasteiger partial charge in [0.05, 0.1) is 5.02 Å². The molecule has 0 saturated carbocycles. The van der Waals surface area contributed by atoms with Crippen LogP contribution in [0.15, 0.2) is 60.0 Å². The van der Waals surface area contributed by atoms with E-state index in [9.17, 15) is 9.59 Å². The third kappa shape index (κ3) is 5.24. The van der Waals surface area contributed by atoms with E-state index in [2.05, 4.69) is 27.3 Å². The minimum atomic E-state index is -0.281. The summed E-state index contributed by atoms with van der Waals surface area (Å²) in [5, 5.41) is 5.80. The third-order valence-corrected chi connectivity index (χ3v) is 6.42. The lowest BCUT2D eigenvalue weighted by atomic mass is 10.2. The first kappa shape index (κ1) is 21.3. The standard InChI is InChI=1S/C23H23ClN4O2S/c24-19-9-5-4-8-18(19)23-26-20(16-31-23)22(30)25-11-10-21(29)28-14-12-27(13-15-28)17-6-2-1-3-7-17/h1-9,16H,10-15H2,(H,25,30). The highest BCUT2D eigenvalue weighted by molar-refractivity contribution is 7.13. The maximum absolute atomic E-state index is 12.5. The van der Waals surface area contributed by atoms with E-state index < -0.39 is 0 Å². The van der Waals surface area contributed by atoms with Crippen molar-refractivity contribution in [3.05, 3.63) is 70.7 Å². The first-order valence-corrected chi connectivity index (χ1v) is 11.4. The zero-order valence-electron chi connectivity index (χ0n) is 17.0. The van der Waals surface area contributed by atoms with Gasteiger partial charge in [-0.25, -0.2) is 4.98 Å². The maximum atomic E-state index is 12.5. The van der Waals surface area contributed by atoms with Gasteiger partial charge in [-0.05, 0) is 18.2 Å². The predicted molar refractivity (Wildman–Crippen MR) is 125 cm³/mol. The molecule has 1 aliphatic rings. The summed E-state index contributed by atoms with van der Waals surface area (Å²) in [7, 11) is 0. The van der Waals surface area contributed by atoms with Crippen LogP contribution in [0.25, 0.3) is 10.6 Å². The van der Waals surface area contributed by atoms with Crippen molar-refractivity contribution in [1.29, 1.82) is 0 Å². The normalized spacial score (nSPS) is 13.8. The molecule has 3 aromatic rings. The number of halogens is 1. The molecule has 2 heterocycles. The molecule has 2 amide bonds. The second kappa shape index (κ2) is 9.94. The van der Waals surface area contributed by atoms with E-state index in [1.54, 1.807) is 11.4 Å². The highest BCUT2D eigenvalue weighted by atomic mass is 35.5. The molecule has 2 aromatic carbocycles. The van der Waals surface area contributed by atoms with Gasteiger partial charge in [-0.2, -0.15) is 0 Å². The van der Waals surface area contributed by atoms with Crippen molar-refractivity contribution >= 4 is 40.4 Å². The van der Waals surface area contributed by atoms with Crippen LogP contribution >= 0.6 is 22.9 Å². The Hall–Kier alpha value is -2.90. The van der Waals surface area contributed by atoms with Crippen molar-refractivity contribution in [1.82, 2.24) is 15.2 Å². The number of rotatable bonds is 6. The fraction of sp³-hybridized carbons (Fsp3) is 0.261. The van der Waals surface area contributed by atoms with Gasteiger partial charge in [0, 0.05) is 55.8 Å². The number of aromatic nitrogens is 1. The smallest absolute Gasteiger partial charge is 0.270 e. The van der Waals surface area contributed by atoms with Gasteiger partial charge < -0.3 is 15.1 Å². The average molecular weight is 455 g/mol. The van der Waals surface area contributed by atoms with Crippen LogP contribution in [0.2, 0.25) is 5.02 Å². The fourth-order valence-corrected chi connectivity index (χ4v) is 4.64. The monoisotopic (exact) mass is 454 g/mol. The minimum absolute atomic E-state index is 0.0584. The van der Waals surface area contributed by atoms with Crippen molar-refractivity contribution in [3.8, 4) is 10.6 Å². The molecule has 1 fully saturated rings. The molecular weight excluding hydrogens is 432 g/mol. The summed E-state index contributed by atoms with van der Waals surface area (Å²) in [5.74, 6) is -0.223. The zero-order valence-corrected chi connectivity index (χ0v) is 18.5. The van der Waals surface area contributed by atoms with Crippen molar-refractivity contribution in [2.75, 3.05) is 37.6 Å². The van der Waals surface area contributed by atoms with Crippen molar-refractivity contribution in [2.24, 2.45) is 0 Å². The number of benzene rings is 2. The molecule has 1 aliphatic heterocycles. The Morgan fingerprint density at radius 3 is 2.45 bits per heavy atom. The summed E-state index contributed by atoms with van der Waals surface area (Å²) >= 11 is 7.57. The quantitative estimate of drug-likeness (QED) is 0.612. The summed E-state index contributed by atoms with van der Waals surface area (Å²) < 4.78 is 0. The second-order valence-electron chi connectivity index (χ2n) is 7.23. The molecule has 0 unspecified atom stereocenters. The summed E-state index contributed by atoms with van der Waals surface area (Å²) in [6.45, 7) is 3.29. The summed E-state index contributed by atoms with van der Waals surface area (Å²) in [6.07, 6.45) is 0.276. The largest absolute Gasteiger partial charge is 0.368 e. The number of piperazine rings is 1. The van der Waals surface area contributed by atoms with Gasteiger partial charge >= 0.3 is 0 Å². The van der Waals surface area contributed by atoms with Crippen LogP contribution in [0.1, 0.15) is 16.9 Å². The summed E-state index contributed by atoms with van der Waals surface area (Å²) in [4.78, 5) is 33.4. The van der Waals surface area contributed by atoms with Crippen LogP contribution in [-0.4, -0.2) is 54.4 Å². The highest BCUT2D eigenvalue weighted by Gasteiger charge is 2.21. The molecule has 6 nitrogen and oxygen atoms in total. The Kier molecular flexibility index (Phi) is 6.84. The molecule has 0 bridgehead atoms. The summed E-state index contributed by atoms with van der Waals surface area (Å²) in [6, 6.07) is 17.6. The topological polar surface area (TPSA) is 65.5 Å². The van der Waals surface area contributed by atoms with Gasteiger partial charge in [-0.15, -0.1) is 11.3 Å².